The number of hydrogen-bond donors (Lipinski definition) is 0. The van der Waals surface area contributed by atoms with E-state index in [0.717, 1.165) is 0 Å². The van der Waals surface area contributed by atoms with Gasteiger partial charge in [-0.25, -0.2) is 0 Å². The van der Waals surface area contributed by atoms with Gasteiger partial charge in [0.1, 0.15) is 0 Å². The normalized spacial score (nSPS) is 0. The van der Waals surface area contributed by atoms with Gasteiger partial charge in [-0.05, 0) is 0 Å². The predicted molar refractivity (Wildman–Crippen MR) is 6.41 cm³/mol. The molecule has 0 fully saturated rings. The van der Waals surface area contributed by atoms with E-state index in [4.69, 9.17) is 0 Å². The van der Waals surface area contributed by atoms with Gasteiger partial charge in [-0.15, -0.1) is 0 Å². The molecule has 0 saturated heterocycles. The summed E-state index contributed by atoms with van der Waals surface area (Å²) in [5.74, 6) is 0. The Balaban J connectivity index is 0. The van der Waals surface area contributed by atoms with E-state index in [9.17, 15) is 0 Å². The van der Waals surface area contributed by atoms with Crippen molar-refractivity contribution in [3.63, 3.8) is 0 Å². The monoisotopic (exact) mass is 637 g/mol. The molecular formula is CH3Y7-. The Hall–Kier alpha value is 7.73. The van der Waals surface area contributed by atoms with Crippen LogP contribution in [0.4, 0.5) is 0 Å². The third-order valence-corrected chi connectivity index (χ3v) is 0. The van der Waals surface area contributed by atoms with E-state index in [0.29, 0.717) is 0 Å². The minimum absolute atomic E-state index is 0. The van der Waals surface area contributed by atoms with Gasteiger partial charge in [-0.2, -0.15) is 0 Å². The first-order chi connectivity index (χ1) is 0. The molecule has 0 aromatic carbocycles. The Morgan fingerprint density at radius 3 is 0.250 bits per heavy atom. The van der Waals surface area contributed by atoms with Gasteiger partial charge in [0.05, 0.1) is 0 Å². The molecule has 0 rings (SSSR count). The Morgan fingerprint density at radius 2 is 0.250 bits per heavy atom. The van der Waals surface area contributed by atoms with E-state index >= 15 is 0 Å². The van der Waals surface area contributed by atoms with Crippen LogP contribution >= 0.6 is 0 Å². The fraction of sp³-hybridized carbons (Fsp3) is 0. The van der Waals surface area contributed by atoms with Crippen molar-refractivity contribution in [1.82, 2.24) is 0 Å². The second-order valence-corrected chi connectivity index (χ2v) is 0. The van der Waals surface area contributed by atoms with Crippen LogP contribution in [0, 0.1) is 7.43 Å². The summed E-state index contributed by atoms with van der Waals surface area (Å²) in [5.41, 5.74) is 0. The summed E-state index contributed by atoms with van der Waals surface area (Å²) in [6.07, 6.45) is 0. The van der Waals surface area contributed by atoms with Gasteiger partial charge in [0.25, 0.3) is 0 Å². The zero-order valence-corrected chi connectivity index (χ0v) is 24.9. The van der Waals surface area contributed by atoms with Crippen LogP contribution in [0.3, 0.4) is 0 Å². The van der Waals surface area contributed by atoms with Gasteiger partial charge in [-0.3, -0.25) is 0 Å². The van der Waals surface area contributed by atoms with E-state index in [1.54, 1.807) is 0 Å². The maximum Gasteiger partial charge on any atom is 0 e. The van der Waals surface area contributed by atoms with Gasteiger partial charge in [0.15, 0.2) is 0 Å². The van der Waals surface area contributed by atoms with E-state index in [1.165, 1.54) is 0 Å². The summed E-state index contributed by atoms with van der Waals surface area (Å²) >= 11 is 0. The molecule has 0 spiro atoms. The zero-order chi connectivity index (χ0) is 0. The molecule has 0 aliphatic heterocycles. The number of hydrogen-bond acceptors (Lipinski definition) is 0. The van der Waals surface area contributed by atoms with Crippen molar-refractivity contribution in [1.29, 1.82) is 0 Å². The summed E-state index contributed by atoms with van der Waals surface area (Å²) < 4.78 is 0. The summed E-state index contributed by atoms with van der Waals surface area (Å²) in [6.45, 7) is 0. The van der Waals surface area contributed by atoms with Crippen molar-refractivity contribution in [3.05, 3.63) is 7.43 Å². The van der Waals surface area contributed by atoms with Crippen LogP contribution in [0.5, 0.6) is 0 Å². The van der Waals surface area contributed by atoms with Crippen molar-refractivity contribution >= 4 is 0 Å². The molecule has 0 nitrogen and oxygen atoms in total. The fourth-order valence-electron chi connectivity index (χ4n) is 0. The molecule has 0 aromatic rings. The maximum absolute atomic E-state index is 0. The van der Waals surface area contributed by atoms with Gasteiger partial charge in [-0.1, -0.05) is 0 Å². The Labute approximate surface area is 228 Å². The Morgan fingerprint density at radius 1 is 0.250 bits per heavy atom. The van der Waals surface area contributed by atoms with Gasteiger partial charge >= 0.3 is 0 Å². The molecule has 0 saturated carbocycles. The third kappa shape index (κ3) is 37.2. The van der Waals surface area contributed by atoms with Crippen molar-refractivity contribution in [3.8, 4) is 0 Å². The minimum Gasteiger partial charge on any atom is -0.358 e. The molecule has 0 amide bonds. The summed E-state index contributed by atoms with van der Waals surface area (Å²) in [5, 5.41) is 0. The molecule has 29 valence electrons. The quantitative estimate of drug-likeness (QED) is 0.339. The second-order valence-electron chi connectivity index (χ2n) is 0. The minimum atomic E-state index is 0. The van der Waals surface area contributed by atoms with Crippen molar-refractivity contribution in [2.24, 2.45) is 0 Å². The molecule has 8 heavy (non-hydrogen) atoms. The average Bonchev–Trinajstić information content (AvgIpc) is 0. The molecule has 0 unspecified atom stereocenters. The van der Waals surface area contributed by atoms with Crippen LogP contribution in [-0.2, 0) is 229 Å². The smallest absolute Gasteiger partial charge is 0 e. The summed E-state index contributed by atoms with van der Waals surface area (Å²) in [7, 11) is 0. The predicted octanol–water partition coefficient (Wildman–Crippen LogP) is 0.433. The van der Waals surface area contributed by atoms with Crippen molar-refractivity contribution in [2.75, 3.05) is 0 Å². The maximum atomic E-state index is 0. The van der Waals surface area contributed by atoms with Crippen LogP contribution in [0.1, 0.15) is 0 Å². The van der Waals surface area contributed by atoms with E-state index in [1.807, 2.05) is 0 Å². The molecule has 0 atom stereocenters. The van der Waals surface area contributed by atoms with Crippen molar-refractivity contribution < 1.29 is 229 Å². The van der Waals surface area contributed by atoms with Crippen LogP contribution < -0.4 is 0 Å². The molecule has 0 aromatic heterocycles. The standard InChI is InChI=1S/CH3.7Y/h1H3;;;;;;;/q-1;;;;;;;. The zero-order valence-electron chi connectivity index (χ0n) is 5.04. The molecular weight excluding hydrogens is 634 g/mol. The first-order valence-corrected chi connectivity index (χ1v) is 0. The Bertz CT molecular complexity index is 4.35. The molecule has 0 aliphatic rings. The first kappa shape index (κ1) is 57.1. The SMILES string of the molecule is [CH3-].[Y].[Y].[Y].[Y].[Y].[Y].[Y]. The summed E-state index contributed by atoms with van der Waals surface area (Å²) in [6, 6.07) is 0. The molecule has 7 radical (unpaired) electrons. The number of rotatable bonds is 0. The molecule has 7 heteroatoms. The molecule has 0 aliphatic carbocycles. The van der Waals surface area contributed by atoms with Crippen LogP contribution in [0.25, 0.3) is 0 Å². The third-order valence-electron chi connectivity index (χ3n) is 0. The Kier molecular flexibility index (Phi) is 332. The first-order valence-electron chi connectivity index (χ1n) is 0. The topological polar surface area (TPSA) is 0 Å². The van der Waals surface area contributed by atoms with E-state index in [-0.39, 0.29) is 236 Å². The van der Waals surface area contributed by atoms with E-state index < -0.39 is 0 Å². The average molecular weight is 637 g/mol. The van der Waals surface area contributed by atoms with E-state index in [2.05, 4.69) is 0 Å². The van der Waals surface area contributed by atoms with Gasteiger partial charge < -0.3 is 7.43 Å². The fourth-order valence-corrected chi connectivity index (χ4v) is 0. The van der Waals surface area contributed by atoms with Crippen molar-refractivity contribution in [2.45, 2.75) is 0 Å². The summed E-state index contributed by atoms with van der Waals surface area (Å²) in [4.78, 5) is 0. The van der Waals surface area contributed by atoms with Gasteiger partial charge in [0, 0.05) is 229 Å². The molecule has 0 heterocycles. The van der Waals surface area contributed by atoms with Crippen LogP contribution in [0.15, 0.2) is 0 Å². The van der Waals surface area contributed by atoms with Crippen LogP contribution in [0.2, 0.25) is 0 Å². The second kappa shape index (κ2) is 46.5. The van der Waals surface area contributed by atoms with Gasteiger partial charge in [0.2, 0.25) is 0 Å². The molecule has 0 bridgehead atoms. The van der Waals surface area contributed by atoms with Crippen LogP contribution in [-0.4, -0.2) is 0 Å². The largest absolute Gasteiger partial charge is 0.358 e. The molecule has 0 N–H and O–H groups in total.